The number of amidine groups is 1. The predicted octanol–water partition coefficient (Wildman–Crippen LogP) is 3.51. The van der Waals surface area contributed by atoms with Crippen LogP contribution in [0.3, 0.4) is 0 Å². The molecule has 19 heavy (non-hydrogen) atoms. The Morgan fingerprint density at radius 1 is 1.21 bits per heavy atom. The van der Waals surface area contributed by atoms with Gasteiger partial charge in [-0.15, -0.1) is 0 Å². The van der Waals surface area contributed by atoms with Crippen LogP contribution in [-0.2, 0) is 4.79 Å². The molecule has 0 spiro atoms. The Kier molecular flexibility index (Phi) is 3.90. The zero-order valence-electron chi connectivity index (χ0n) is 11.3. The monoisotopic (exact) mass is 320 g/mol. The zero-order valence-corrected chi connectivity index (χ0v) is 12.9. The Morgan fingerprint density at radius 3 is 2.42 bits per heavy atom. The number of halogens is 1. The fourth-order valence-corrected chi connectivity index (χ4v) is 2.36. The van der Waals surface area contributed by atoms with E-state index >= 15 is 0 Å². The molecule has 0 radical (unpaired) electrons. The van der Waals surface area contributed by atoms with Crippen LogP contribution in [0, 0.1) is 0 Å². The van der Waals surface area contributed by atoms with Crippen LogP contribution in [-0.4, -0.2) is 17.2 Å². The number of nitrogens with zero attached hydrogens (tertiary/aromatic N) is 1. The Labute approximate surface area is 121 Å². The summed E-state index contributed by atoms with van der Waals surface area (Å²) in [7, 11) is 0. The topological polar surface area (TPSA) is 41.5 Å². The molecule has 0 atom stereocenters. The number of aliphatic imine (C=N–C) groups is 1. The zero-order chi connectivity index (χ0) is 14.0. The van der Waals surface area contributed by atoms with Gasteiger partial charge in [0.25, 0.3) is 0 Å². The van der Waals surface area contributed by atoms with Gasteiger partial charge in [0.15, 0.2) is 5.78 Å². The van der Waals surface area contributed by atoms with Crippen molar-refractivity contribution in [2.24, 2.45) is 4.99 Å². The average molecular weight is 321 g/mol. The summed E-state index contributed by atoms with van der Waals surface area (Å²) in [5.41, 5.74) is 1.57. The summed E-state index contributed by atoms with van der Waals surface area (Å²) in [5.74, 6) is 0.778. The molecule has 0 amide bonds. The van der Waals surface area contributed by atoms with E-state index in [4.69, 9.17) is 0 Å². The minimum atomic E-state index is -0.200. The maximum Gasteiger partial charge on any atom is 0.179 e. The number of benzene rings is 1. The second kappa shape index (κ2) is 5.29. The van der Waals surface area contributed by atoms with Gasteiger partial charge in [-0.05, 0) is 42.3 Å². The van der Waals surface area contributed by atoms with Gasteiger partial charge in [0, 0.05) is 0 Å². The molecule has 0 bridgehead atoms. The van der Waals surface area contributed by atoms with Crippen molar-refractivity contribution in [2.75, 3.05) is 0 Å². The van der Waals surface area contributed by atoms with Crippen molar-refractivity contribution >= 4 is 33.2 Å². The molecule has 0 fully saturated rings. The van der Waals surface area contributed by atoms with E-state index in [1.165, 1.54) is 0 Å². The highest BCUT2D eigenvalue weighted by atomic mass is 79.9. The van der Waals surface area contributed by atoms with E-state index < -0.39 is 0 Å². The fraction of sp³-hybridized carbons (Fsp3) is 0.333. The Balaban J connectivity index is 2.40. The quantitative estimate of drug-likeness (QED) is 0.860. The van der Waals surface area contributed by atoms with Crippen molar-refractivity contribution in [3.8, 4) is 0 Å². The van der Waals surface area contributed by atoms with Crippen molar-refractivity contribution in [1.29, 1.82) is 0 Å². The molecule has 1 aliphatic rings. The van der Waals surface area contributed by atoms with Crippen LogP contribution < -0.4 is 5.32 Å². The first-order valence-corrected chi connectivity index (χ1v) is 7.00. The Bertz CT molecular complexity index is 553. The second-order valence-electron chi connectivity index (χ2n) is 5.51. The first-order chi connectivity index (χ1) is 8.87. The molecule has 1 N–H and O–H groups in total. The largest absolute Gasteiger partial charge is 0.342 e. The van der Waals surface area contributed by atoms with Gasteiger partial charge >= 0.3 is 0 Å². The molecule has 1 aromatic carbocycles. The van der Waals surface area contributed by atoms with Gasteiger partial charge in [-0.3, -0.25) is 9.79 Å². The van der Waals surface area contributed by atoms with Crippen LogP contribution in [0.1, 0.15) is 32.8 Å². The molecule has 100 valence electrons. The number of hydrogen-bond donors (Lipinski definition) is 1. The molecule has 1 aliphatic heterocycles. The lowest BCUT2D eigenvalue weighted by atomic mass is 10.0. The van der Waals surface area contributed by atoms with E-state index in [2.05, 4.69) is 26.2 Å². The number of carbonyl (C=O) groups excluding carboxylic acids is 1. The lowest BCUT2D eigenvalue weighted by molar-refractivity contribution is -0.113. The minimum absolute atomic E-state index is 0.0561. The summed E-state index contributed by atoms with van der Waals surface area (Å²) >= 11 is 3.38. The number of Topliss-reactive ketones (excluding diaryl/α,β-unsaturated/α-hetero) is 1. The van der Waals surface area contributed by atoms with Gasteiger partial charge in [-0.2, -0.15) is 0 Å². The Hall–Kier alpha value is -1.42. The summed E-state index contributed by atoms with van der Waals surface area (Å²) < 4.78 is 0.589. The van der Waals surface area contributed by atoms with Crippen molar-refractivity contribution in [2.45, 2.75) is 32.7 Å². The van der Waals surface area contributed by atoms with Crippen LogP contribution in [0.5, 0.6) is 0 Å². The van der Waals surface area contributed by atoms with Crippen LogP contribution >= 0.6 is 15.9 Å². The SMILES string of the molecule is CC(C)(C)N=C1CC(=O)C(Br)=C(c2ccccc2)N1. The smallest absolute Gasteiger partial charge is 0.179 e. The maximum absolute atomic E-state index is 12.0. The van der Waals surface area contributed by atoms with Gasteiger partial charge in [-0.1, -0.05) is 30.3 Å². The molecule has 0 aliphatic carbocycles. The summed E-state index contributed by atoms with van der Waals surface area (Å²) in [6.07, 6.45) is 0.314. The fourth-order valence-electron chi connectivity index (χ4n) is 1.89. The molecule has 4 heteroatoms. The molecule has 0 saturated heterocycles. The third-order valence-corrected chi connectivity index (χ3v) is 3.43. The van der Waals surface area contributed by atoms with Crippen LogP contribution in [0.15, 0.2) is 39.8 Å². The van der Waals surface area contributed by atoms with Gasteiger partial charge in [-0.25, -0.2) is 0 Å². The normalized spacial score (nSPS) is 18.7. The third-order valence-electron chi connectivity index (χ3n) is 2.59. The number of ketones is 1. The van der Waals surface area contributed by atoms with Crippen LogP contribution in [0.2, 0.25) is 0 Å². The lowest BCUT2D eigenvalue weighted by Crippen LogP contribution is -2.33. The Morgan fingerprint density at radius 2 is 1.84 bits per heavy atom. The van der Waals surface area contributed by atoms with Gasteiger partial charge in [0.2, 0.25) is 0 Å². The minimum Gasteiger partial charge on any atom is -0.342 e. The van der Waals surface area contributed by atoms with Gasteiger partial charge < -0.3 is 5.32 Å². The van der Waals surface area contributed by atoms with Crippen LogP contribution in [0.4, 0.5) is 0 Å². The summed E-state index contributed by atoms with van der Waals surface area (Å²) in [4.78, 5) is 16.6. The highest BCUT2D eigenvalue weighted by molar-refractivity contribution is 9.12. The number of hydrogen-bond acceptors (Lipinski definition) is 2. The van der Waals surface area contributed by atoms with Crippen molar-refractivity contribution < 1.29 is 4.79 Å². The van der Waals surface area contributed by atoms with Crippen molar-refractivity contribution in [1.82, 2.24) is 5.32 Å². The molecule has 3 nitrogen and oxygen atoms in total. The second-order valence-corrected chi connectivity index (χ2v) is 6.30. The maximum atomic E-state index is 12.0. The first-order valence-electron chi connectivity index (χ1n) is 6.21. The van der Waals surface area contributed by atoms with E-state index in [0.29, 0.717) is 10.9 Å². The number of allylic oxidation sites excluding steroid dienone is 1. The number of nitrogens with one attached hydrogen (secondary N) is 1. The highest BCUT2D eigenvalue weighted by Crippen LogP contribution is 2.26. The van der Waals surface area contributed by atoms with E-state index in [0.717, 1.165) is 17.1 Å². The molecular formula is C15H17BrN2O. The highest BCUT2D eigenvalue weighted by Gasteiger charge is 2.24. The standard InChI is InChI=1S/C15H17BrN2O/c1-15(2,3)18-12-9-11(19)13(16)14(17-12)10-7-5-4-6-8-10/h4-8H,9H2,1-3H3,(H,17,18). The number of carbonyl (C=O) groups is 1. The lowest BCUT2D eigenvalue weighted by Gasteiger charge is -2.23. The van der Waals surface area contributed by atoms with E-state index in [1.807, 2.05) is 51.1 Å². The average Bonchev–Trinajstić information content (AvgIpc) is 2.33. The molecule has 1 aromatic rings. The summed E-state index contributed by atoms with van der Waals surface area (Å²) in [6, 6.07) is 9.79. The molecular weight excluding hydrogens is 304 g/mol. The third kappa shape index (κ3) is 3.53. The van der Waals surface area contributed by atoms with Crippen LogP contribution in [0.25, 0.3) is 5.70 Å². The molecule has 2 rings (SSSR count). The molecule has 0 saturated carbocycles. The van der Waals surface area contributed by atoms with Crippen molar-refractivity contribution in [3.05, 3.63) is 40.4 Å². The van der Waals surface area contributed by atoms with E-state index in [9.17, 15) is 4.79 Å². The van der Waals surface area contributed by atoms with Gasteiger partial charge in [0.1, 0.15) is 5.84 Å². The molecule has 1 heterocycles. The van der Waals surface area contributed by atoms with Gasteiger partial charge in [0.05, 0.1) is 22.1 Å². The summed E-state index contributed by atoms with van der Waals surface area (Å²) in [5, 5.41) is 3.27. The molecule has 0 aromatic heterocycles. The van der Waals surface area contributed by atoms with E-state index in [-0.39, 0.29) is 11.3 Å². The summed E-state index contributed by atoms with van der Waals surface area (Å²) in [6.45, 7) is 6.05. The van der Waals surface area contributed by atoms with E-state index in [1.54, 1.807) is 0 Å². The predicted molar refractivity (Wildman–Crippen MR) is 82.2 cm³/mol. The molecule has 0 unspecified atom stereocenters. The first kappa shape index (κ1) is 14.0. The number of rotatable bonds is 1. The van der Waals surface area contributed by atoms with Crippen molar-refractivity contribution in [3.63, 3.8) is 0 Å².